The first-order chi connectivity index (χ1) is 11.7. The molecule has 4 rings (SSSR count). The number of esters is 1. The lowest BCUT2D eigenvalue weighted by atomic mass is 10.1. The molecule has 0 aliphatic heterocycles. The molecule has 0 radical (unpaired) electrons. The zero-order valence-electron chi connectivity index (χ0n) is 13.1. The molecule has 0 bridgehead atoms. The Hall–Kier alpha value is -3.15. The molecule has 0 saturated heterocycles. The number of hydrogen-bond acceptors (Lipinski definition) is 4. The number of fused-ring (bicyclic) bond motifs is 5. The third kappa shape index (κ3) is 2.07. The maximum absolute atomic E-state index is 13.0. The number of aromatic nitrogens is 3. The Morgan fingerprint density at radius 3 is 2.67 bits per heavy atom. The van der Waals surface area contributed by atoms with E-state index >= 15 is 0 Å². The highest BCUT2D eigenvalue weighted by molar-refractivity contribution is 6.03. The Bertz CT molecular complexity index is 1140. The Balaban J connectivity index is 2.11. The third-order valence-corrected chi connectivity index (χ3v) is 4.19. The van der Waals surface area contributed by atoms with Crippen molar-refractivity contribution < 1.29 is 9.53 Å². The fourth-order valence-corrected chi connectivity index (χ4v) is 3.05. The summed E-state index contributed by atoms with van der Waals surface area (Å²) in [6, 6.07) is 13.1. The van der Waals surface area contributed by atoms with Crippen LogP contribution in [0.3, 0.4) is 0 Å². The highest BCUT2D eigenvalue weighted by atomic mass is 16.5. The second-order valence-corrected chi connectivity index (χ2v) is 5.54. The van der Waals surface area contributed by atoms with E-state index in [0.717, 1.165) is 16.6 Å². The van der Waals surface area contributed by atoms with Crippen molar-refractivity contribution in [3.8, 4) is 0 Å². The fraction of sp³-hybridized carbons (Fsp3) is 0.167. The average molecular weight is 321 g/mol. The van der Waals surface area contributed by atoms with Crippen molar-refractivity contribution in [2.75, 3.05) is 7.11 Å². The predicted molar refractivity (Wildman–Crippen MR) is 91.1 cm³/mol. The van der Waals surface area contributed by atoms with Crippen LogP contribution in [0.25, 0.3) is 27.6 Å². The van der Waals surface area contributed by atoms with E-state index in [1.54, 1.807) is 10.6 Å². The molecule has 6 nitrogen and oxygen atoms in total. The van der Waals surface area contributed by atoms with Gasteiger partial charge in [0.2, 0.25) is 0 Å². The van der Waals surface area contributed by atoms with Crippen molar-refractivity contribution in [1.82, 2.24) is 14.0 Å². The summed E-state index contributed by atoms with van der Waals surface area (Å²) in [6.45, 7) is 0.246. The number of benzene rings is 1. The molecule has 120 valence electrons. The first-order valence-corrected chi connectivity index (χ1v) is 7.66. The third-order valence-electron chi connectivity index (χ3n) is 4.19. The number of methoxy groups -OCH3 is 1. The molecular weight excluding hydrogens is 306 g/mol. The second-order valence-electron chi connectivity index (χ2n) is 5.54. The lowest BCUT2D eigenvalue weighted by molar-refractivity contribution is -0.140. The Morgan fingerprint density at radius 1 is 1.12 bits per heavy atom. The van der Waals surface area contributed by atoms with Crippen LogP contribution >= 0.6 is 0 Å². The van der Waals surface area contributed by atoms with E-state index in [4.69, 9.17) is 4.74 Å². The van der Waals surface area contributed by atoms with E-state index in [-0.39, 0.29) is 24.5 Å². The van der Waals surface area contributed by atoms with Crippen molar-refractivity contribution in [2.24, 2.45) is 0 Å². The zero-order chi connectivity index (χ0) is 16.7. The van der Waals surface area contributed by atoms with E-state index in [1.165, 1.54) is 7.11 Å². The quantitative estimate of drug-likeness (QED) is 0.543. The van der Waals surface area contributed by atoms with Gasteiger partial charge in [0.05, 0.1) is 13.5 Å². The number of nitrogens with zero attached hydrogens (tertiary/aromatic N) is 3. The summed E-state index contributed by atoms with van der Waals surface area (Å²) in [5.74, 6) is -0.350. The van der Waals surface area contributed by atoms with Crippen molar-refractivity contribution >= 4 is 33.6 Å². The lowest BCUT2D eigenvalue weighted by Crippen LogP contribution is -2.23. The number of imidazole rings is 1. The number of carbonyl (C=O) groups excluding carboxylic acids is 1. The SMILES string of the molecule is COC(=O)CCn1c(=O)c2ccccc2c2nc3ccccn3c21. The highest BCUT2D eigenvalue weighted by Gasteiger charge is 2.16. The van der Waals surface area contributed by atoms with Gasteiger partial charge in [0.1, 0.15) is 16.8 Å². The number of hydrogen-bond donors (Lipinski definition) is 0. The van der Waals surface area contributed by atoms with Crippen LogP contribution in [-0.4, -0.2) is 27.0 Å². The predicted octanol–water partition coefficient (Wildman–Crippen LogP) is 2.37. The van der Waals surface area contributed by atoms with E-state index in [1.807, 2.05) is 47.0 Å². The van der Waals surface area contributed by atoms with E-state index in [2.05, 4.69) is 4.98 Å². The Morgan fingerprint density at radius 2 is 1.88 bits per heavy atom. The number of carbonyl (C=O) groups is 1. The number of ether oxygens (including phenoxy) is 1. The van der Waals surface area contributed by atoms with Crippen molar-refractivity contribution in [3.63, 3.8) is 0 Å². The van der Waals surface area contributed by atoms with Gasteiger partial charge < -0.3 is 4.74 Å². The minimum Gasteiger partial charge on any atom is -0.469 e. The Labute approximate surface area is 136 Å². The number of pyridine rings is 2. The van der Waals surface area contributed by atoms with Gasteiger partial charge in [0.15, 0.2) is 0 Å². The molecular formula is C18H15N3O3. The van der Waals surface area contributed by atoms with Gasteiger partial charge in [-0.05, 0) is 18.2 Å². The molecule has 24 heavy (non-hydrogen) atoms. The summed E-state index contributed by atoms with van der Waals surface area (Å²) in [4.78, 5) is 29.2. The number of aryl methyl sites for hydroxylation is 1. The van der Waals surface area contributed by atoms with Crippen LogP contribution in [-0.2, 0) is 16.1 Å². The second kappa shape index (κ2) is 5.49. The summed E-state index contributed by atoms with van der Waals surface area (Å²) in [6.07, 6.45) is 2.00. The molecule has 4 aromatic rings. The minimum atomic E-state index is -0.350. The molecule has 0 aliphatic carbocycles. The summed E-state index contributed by atoms with van der Waals surface area (Å²) < 4.78 is 8.18. The van der Waals surface area contributed by atoms with Crippen LogP contribution in [0.1, 0.15) is 6.42 Å². The normalized spacial score (nSPS) is 11.4. The van der Waals surface area contributed by atoms with Gasteiger partial charge in [-0.2, -0.15) is 0 Å². The largest absolute Gasteiger partial charge is 0.469 e. The van der Waals surface area contributed by atoms with Crippen molar-refractivity contribution in [3.05, 3.63) is 59.0 Å². The van der Waals surface area contributed by atoms with E-state index < -0.39 is 0 Å². The highest BCUT2D eigenvalue weighted by Crippen LogP contribution is 2.23. The molecule has 3 heterocycles. The lowest BCUT2D eigenvalue weighted by Gasteiger charge is -2.10. The standard InChI is InChI=1S/C18H15N3O3/c1-24-15(22)9-11-21-17-16(19-14-8-4-5-10-20(14)17)12-6-2-3-7-13(12)18(21)23/h2-8,10H,9,11H2,1H3. The van der Waals surface area contributed by atoms with Crippen LogP contribution in [0.4, 0.5) is 0 Å². The summed E-state index contributed by atoms with van der Waals surface area (Å²) >= 11 is 0. The molecule has 6 heteroatoms. The smallest absolute Gasteiger partial charge is 0.307 e. The summed E-state index contributed by atoms with van der Waals surface area (Å²) in [5.41, 5.74) is 2.07. The molecule has 0 N–H and O–H groups in total. The molecule has 0 saturated carbocycles. The molecule has 1 aromatic carbocycles. The average Bonchev–Trinajstić information content (AvgIpc) is 3.01. The minimum absolute atomic E-state index is 0.129. The molecule has 0 unspecified atom stereocenters. The van der Waals surface area contributed by atoms with Gasteiger partial charge in [0.25, 0.3) is 5.56 Å². The van der Waals surface area contributed by atoms with E-state index in [0.29, 0.717) is 11.0 Å². The number of rotatable bonds is 3. The van der Waals surface area contributed by atoms with Gasteiger partial charge in [-0.1, -0.05) is 24.3 Å². The maximum atomic E-state index is 13.0. The summed E-state index contributed by atoms with van der Waals surface area (Å²) in [5, 5.41) is 1.41. The fourth-order valence-electron chi connectivity index (χ4n) is 3.05. The van der Waals surface area contributed by atoms with Gasteiger partial charge >= 0.3 is 5.97 Å². The Kier molecular flexibility index (Phi) is 3.30. The van der Waals surface area contributed by atoms with Crippen LogP contribution < -0.4 is 5.56 Å². The molecule has 0 spiro atoms. The summed E-state index contributed by atoms with van der Waals surface area (Å²) in [7, 11) is 1.34. The van der Waals surface area contributed by atoms with Crippen LogP contribution in [0.2, 0.25) is 0 Å². The van der Waals surface area contributed by atoms with Gasteiger partial charge in [0, 0.05) is 23.5 Å². The first kappa shape index (κ1) is 14.4. The monoisotopic (exact) mass is 321 g/mol. The van der Waals surface area contributed by atoms with E-state index in [9.17, 15) is 9.59 Å². The van der Waals surface area contributed by atoms with Gasteiger partial charge in [-0.15, -0.1) is 0 Å². The van der Waals surface area contributed by atoms with Crippen LogP contribution in [0, 0.1) is 0 Å². The van der Waals surface area contributed by atoms with Crippen molar-refractivity contribution in [2.45, 2.75) is 13.0 Å². The van der Waals surface area contributed by atoms with Gasteiger partial charge in [-0.25, -0.2) is 4.98 Å². The van der Waals surface area contributed by atoms with Crippen LogP contribution in [0.5, 0.6) is 0 Å². The molecule has 0 atom stereocenters. The zero-order valence-corrected chi connectivity index (χ0v) is 13.1. The van der Waals surface area contributed by atoms with Gasteiger partial charge in [-0.3, -0.25) is 18.6 Å². The molecule has 0 fully saturated rings. The van der Waals surface area contributed by atoms with Crippen molar-refractivity contribution in [1.29, 1.82) is 0 Å². The molecule has 0 aliphatic rings. The van der Waals surface area contributed by atoms with Crippen LogP contribution in [0.15, 0.2) is 53.5 Å². The first-order valence-electron chi connectivity index (χ1n) is 7.66. The topological polar surface area (TPSA) is 65.6 Å². The molecule has 3 aromatic heterocycles. The maximum Gasteiger partial charge on any atom is 0.307 e. The molecule has 0 amide bonds.